The lowest BCUT2D eigenvalue weighted by Crippen LogP contribution is -2.27. The monoisotopic (exact) mass is 303 g/mol. The summed E-state index contributed by atoms with van der Waals surface area (Å²) in [5, 5.41) is 0.747. The maximum Gasteiger partial charge on any atom is 0.0543 e. The molecular weight excluding hydrogens is 282 g/mol. The molecule has 0 saturated carbocycles. The Morgan fingerprint density at radius 2 is 1.95 bits per heavy atom. The average Bonchev–Trinajstić information content (AvgIpc) is 2.52. The summed E-state index contributed by atoms with van der Waals surface area (Å²) in [5.41, 5.74) is 8.49. The van der Waals surface area contributed by atoms with Gasteiger partial charge >= 0.3 is 0 Å². The quantitative estimate of drug-likeness (QED) is 0.849. The van der Waals surface area contributed by atoms with Crippen LogP contribution in [0.2, 0.25) is 5.02 Å². The fraction of sp³-hybridized carbons (Fsp3) is 0.353. The zero-order valence-corrected chi connectivity index (χ0v) is 13.1. The standard InChI is InChI=1S/C17H22ClN3/c1-2-21(13-16-5-3-4-11-20-16)12-10-17(19)14-6-8-15(18)9-7-14/h3-9,11,17H,2,10,12-13,19H2,1H3. The third-order valence-electron chi connectivity index (χ3n) is 3.61. The second kappa shape index (κ2) is 8.13. The first-order valence-electron chi connectivity index (χ1n) is 7.32. The molecule has 1 unspecified atom stereocenters. The van der Waals surface area contributed by atoms with Crippen LogP contribution in [-0.2, 0) is 6.54 Å². The summed E-state index contributed by atoms with van der Waals surface area (Å²) in [7, 11) is 0. The largest absolute Gasteiger partial charge is 0.324 e. The van der Waals surface area contributed by atoms with Gasteiger partial charge in [0.1, 0.15) is 0 Å². The van der Waals surface area contributed by atoms with Gasteiger partial charge in [-0.2, -0.15) is 0 Å². The second-order valence-corrected chi connectivity index (χ2v) is 5.57. The minimum absolute atomic E-state index is 0.0417. The van der Waals surface area contributed by atoms with E-state index in [4.69, 9.17) is 17.3 Å². The summed E-state index contributed by atoms with van der Waals surface area (Å²) < 4.78 is 0. The van der Waals surface area contributed by atoms with E-state index in [1.165, 1.54) is 0 Å². The van der Waals surface area contributed by atoms with Gasteiger partial charge in [-0.1, -0.05) is 36.7 Å². The first-order chi connectivity index (χ1) is 10.2. The van der Waals surface area contributed by atoms with Crippen molar-refractivity contribution in [1.29, 1.82) is 0 Å². The molecule has 0 fully saturated rings. The van der Waals surface area contributed by atoms with E-state index in [-0.39, 0.29) is 6.04 Å². The Bertz CT molecular complexity index is 527. The molecule has 0 radical (unpaired) electrons. The molecule has 0 saturated heterocycles. The van der Waals surface area contributed by atoms with E-state index in [0.29, 0.717) is 0 Å². The highest BCUT2D eigenvalue weighted by molar-refractivity contribution is 6.30. The molecule has 2 aromatic rings. The number of rotatable bonds is 7. The fourth-order valence-electron chi connectivity index (χ4n) is 2.27. The SMILES string of the molecule is CCN(CCC(N)c1ccc(Cl)cc1)Cc1ccccn1. The van der Waals surface area contributed by atoms with Crippen LogP contribution < -0.4 is 5.73 Å². The summed E-state index contributed by atoms with van der Waals surface area (Å²) >= 11 is 5.90. The lowest BCUT2D eigenvalue weighted by Gasteiger charge is -2.22. The van der Waals surface area contributed by atoms with Gasteiger partial charge in [0, 0.05) is 30.4 Å². The molecule has 1 aromatic carbocycles. The van der Waals surface area contributed by atoms with E-state index in [9.17, 15) is 0 Å². The number of halogens is 1. The van der Waals surface area contributed by atoms with Gasteiger partial charge in [0.15, 0.2) is 0 Å². The Kier molecular flexibility index (Phi) is 6.18. The molecule has 2 N–H and O–H groups in total. The molecule has 21 heavy (non-hydrogen) atoms. The van der Waals surface area contributed by atoms with Gasteiger partial charge in [-0.3, -0.25) is 9.88 Å². The van der Waals surface area contributed by atoms with Crippen molar-refractivity contribution in [2.75, 3.05) is 13.1 Å². The summed E-state index contributed by atoms with van der Waals surface area (Å²) in [5.74, 6) is 0. The van der Waals surface area contributed by atoms with Gasteiger partial charge in [-0.25, -0.2) is 0 Å². The predicted octanol–water partition coefficient (Wildman–Crippen LogP) is 3.65. The van der Waals surface area contributed by atoms with Crippen LogP contribution in [0, 0.1) is 0 Å². The molecule has 0 bridgehead atoms. The van der Waals surface area contributed by atoms with Crippen molar-refractivity contribution < 1.29 is 0 Å². The van der Waals surface area contributed by atoms with Crippen LogP contribution in [0.15, 0.2) is 48.7 Å². The average molecular weight is 304 g/mol. The van der Waals surface area contributed by atoms with Crippen LogP contribution in [0.25, 0.3) is 0 Å². The van der Waals surface area contributed by atoms with Gasteiger partial charge < -0.3 is 5.73 Å². The van der Waals surface area contributed by atoms with Gasteiger partial charge in [0.25, 0.3) is 0 Å². The van der Waals surface area contributed by atoms with E-state index in [1.54, 1.807) is 0 Å². The molecule has 4 heteroatoms. The van der Waals surface area contributed by atoms with E-state index >= 15 is 0 Å². The summed E-state index contributed by atoms with van der Waals surface area (Å²) in [6.07, 6.45) is 2.75. The normalized spacial score (nSPS) is 12.6. The van der Waals surface area contributed by atoms with Crippen molar-refractivity contribution >= 4 is 11.6 Å². The fourth-order valence-corrected chi connectivity index (χ4v) is 2.39. The predicted molar refractivity (Wildman–Crippen MR) is 88.2 cm³/mol. The van der Waals surface area contributed by atoms with Crippen molar-refractivity contribution in [2.24, 2.45) is 5.73 Å². The molecule has 1 atom stereocenters. The number of aromatic nitrogens is 1. The van der Waals surface area contributed by atoms with Crippen molar-refractivity contribution in [3.63, 3.8) is 0 Å². The second-order valence-electron chi connectivity index (χ2n) is 5.14. The van der Waals surface area contributed by atoms with Crippen molar-refractivity contribution in [3.8, 4) is 0 Å². The van der Waals surface area contributed by atoms with E-state index in [2.05, 4.69) is 22.9 Å². The lowest BCUT2D eigenvalue weighted by molar-refractivity contribution is 0.265. The zero-order chi connectivity index (χ0) is 15.1. The lowest BCUT2D eigenvalue weighted by atomic mass is 10.0. The van der Waals surface area contributed by atoms with E-state index in [1.807, 2.05) is 42.6 Å². The number of nitrogens with zero attached hydrogens (tertiary/aromatic N) is 2. The Morgan fingerprint density at radius 1 is 1.19 bits per heavy atom. The highest BCUT2D eigenvalue weighted by Gasteiger charge is 2.10. The summed E-state index contributed by atoms with van der Waals surface area (Å²) in [6.45, 7) is 4.97. The maximum absolute atomic E-state index is 6.26. The molecule has 1 aromatic heterocycles. The minimum Gasteiger partial charge on any atom is -0.324 e. The van der Waals surface area contributed by atoms with Crippen LogP contribution >= 0.6 is 11.6 Å². The first kappa shape index (κ1) is 16.0. The molecule has 112 valence electrons. The number of hydrogen-bond donors (Lipinski definition) is 1. The molecule has 0 aliphatic rings. The van der Waals surface area contributed by atoms with Gasteiger partial charge in [-0.15, -0.1) is 0 Å². The summed E-state index contributed by atoms with van der Waals surface area (Å²) in [6, 6.07) is 13.8. The third kappa shape index (κ3) is 5.12. The molecule has 1 heterocycles. The van der Waals surface area contributed by atoms with Crippen LogP contribution in [0.5, 0.6) is 0 Å². The van der Waals surface area contributed by atoms with Crippen molar-refractivity contribution in [2.45, 2.75) is 25.9 Å². The Labute approximate surface area is 131 Å². The topological polar surface area (TPSA) is 42.1 Å². The molecule has 0 amide bonds. The molecule has 3 nitrogen and oxygen atoms in total. The van der Waals surface area contributed by atoms with Crippen molar-refractivity contribution in [3.05, 3.63) is 64.9 Å². The van der Waals surface area contributed by atoms with Crippen LogP contribution in [-0.4, -0.2) is 23.0 Å². The molecule has 2 rings (SSSR count). The Balaban J connectivity index is 1.86. The van der Waals surface area contributed by atoms with Crippen LogP contribution in [0.1, 0.15) is 30.6 Å². The Morgan fingerprint density at radius 3 is 2.57 bits per heavy atom. The van der Waals surface area contributed by atoms with Crippen LogP contribution in [0.4, 0.5) is 0 Å². The number of nitrogens with two attached hydrogens (primary N) is 1. The molecular formula is C17H22ClN3. The number of pyridine rings is 1. The summed E-state index contributed by atoms with van der Waals surface area (Å²) in [4.78, 5) is 6.73. The van der Waals surface area contributed by atoms with Gasteiger partial charge in [0.05, 0.1) is 5.69 Å². The minimum atomic E-state index is 0.0417. The highest BCUT2D eigenvalue weighted by Crippen LogP contribution is 2.17. The molecule has 0 aliphatic carbocycles. The van der Waals surface area contributed by atoms with Gasteiger partial charge in [-0.05, 0) is 42.8 Å². The first-order valence-corrected chi connectivity index (χ1v) is 7.70. The van der Waals surface area contributed by atoms with Gasteiger partial charge in [0.2, 0.25) is 0 Å². The Hall–Kier alpha value is -1.42. The molecule has 0 spiro atoms. The molecule has 0 aliphatic heterocycles. The maximum atomic E-state index is 6.26. The smallest absolute Gasteiger partial charge is 0.0543 e. The van der Waals surface area contributed by atoms with Crippen molar-refractivity contribution in [1.82, 2.24) is 9.88 Å². The third-order valence-corrected chi connectivity index (χ3v) is 3.87. The highest BCUT2D eigenvalue weighted by atomic mass is 35.5. The van der Waals surface area contributed by atoms with E-state index in [0.717, 1.165) is 42.3 Å². The number of hydrogen-bond acceptors (Lipinski definition) is 3. The zero-order valence-electron chi connectivity index (χ0n) is 12.4. The van der Waals surface area contributed by atoms with Crippen LogP contribution in [0.3, 0.4) is 0 Å². The van der Waals surface area contributed by atoms with E-state index < -0.39 is 0 Å². The number of benzene rings is 1.